The maximum absolute atomic E-state index is 12.1. The minimum Gasteiger partial charge on any atom is -0.494 e. The minimum absolute atomic E-state index is 0.0425. The summed E-state index contributed by atoms with van der Waals surface area (Å²) < 4.78 is 7.41. The summed E-state index contributed by atoms with van der Waals surface area (Å²) in [5.74, 6) is 0.528. The van der Waals surface area contributed by atoms with Gasteiger partial charge in [-0.05, 0) is 30.3 Å². The zero-order valence-electron chi connectivity index (χ0n) is 19.8. The third-order valence-corrected chi connectivity index (χ3v) is 5.55. The molecular weight excluding hydrogens is 446 g/mol. The number of methoxy groups -OCH3 is 1. The van der Waals surface area contributed by atoms with E-state index in [2.05, 4.69) is 32.3 Å². The fourth-order valence-electron chi connectivity index (χ4n) is 3.73. The van der Waals surface area contributed by atoms with Crippen LogP contribution in [0.2, 0.25) is 0 Å². The highest BCUT2D eigenvalue weighted by molar-refractivity contribution is 6.02. The smallest absolute Gasteiger partial charge is 0.247 e. The lowest BCUT2D eigenvalue weighted by Gasteiger charge is -2.24. The number of nitrogens with zero attached hydrogens (tertiary/aromatic N) is 5. The second kappa shape index (κ2) is 10.2. The Bertz CT molecular complexity index is 1380. The summed E-state index contributed by atoms with van der Waals surface area (Å²) >= 11 is 0. The van der Waals surface area contributed by atoms with E-state index in [0.29, 0.717) is 35.3 Å². The lowest BCUT2D eigenvalue weighted by atomic mass is 10.1. The van der Waals surface area contributed by atoms with Crippen LogP contribution >= 0.6 is 0 Å². The van der Waals surface area contributed by atoms with E-state index in [0.717, 1.165) is 22.2 Å². The number of ether oxygens (including phenoxy) is 1. The molecule has 10 nitrogen and oxygen atoms in total. The average Bonchev–Trinajstić information content (AvgIpc) is 3.24. The Kier molecular flexibility index (Phi) is 6.93. The number of aliphatic hydroxyl groups is 1. The van der Waals surface area contributed by atoms with Crippen molar-refractivity contribution in [1.29, 1.82) is 0 Å². The molecule has 180 valence electrons. The largest absolute Gasteiger partial charge is 0.494 e. The highest BCUT2D eigenvalue weighted by atomic mass is 16.5. The molecule has 10 heteroatoms. The number of aliphatic hydroxyl groups excluding tert-OH is 1. The van der Waals surface area contributed by atoms with E-state index in [1.165, 1.54) is 6.08 Å². The molecule has 0 radical (unpaired) electrons. The summed E-state index contributed by atoms with van der Waals surface area (Å²) in [6.07, 6.45) is 4.69. The van der Waals surface area contributed by atoms with E-state index in [-0.39, 0.29) is 12.5 Å². The quantitative estimate of drug-likeness (QED) is 0.317. The van der Waals surface area contributed by atoms with Gasteiger partial charge in [-0.1, -0.05) is 12.6 Å². The van der Waals surface area contributed by atoms with E-state index in [9.17, 15) is 9.90 Å². The van der Waals surface area contributed by atoms with Gasteiger partial charge in [0.2, 0.25) is 11.9 Å². The number of hydrogen-bond acceptors (Lipinski definition) is 8. The maximum Gasteiger partial charge on any atom is 0.247 e. The molecule has 0 spiro atoms. The number of hydrogen-bond donors (Lipinski definition) is 3. The number of rotatable bonds is 9. The first-order chi connectivity index (χ1) is 16.9. The van der Waals surface area contributed by atoms with E-state index in [1.807, 2.05) is 54.1 Å². The monoisotopic (exact) mass is 473 g/mol. The van der Waals surface area contributed by atoms with Gasteiger partial charge in [-0.25, -0.2) is 9.97 Å². The Labute approximate surface area is 202 Å². The van der Waals surface area contributed by atoms with Crippen molar-refractivity contribution in [2.75, 3.05) is 42.8 Å². The molecule has 0 aliphatic rings. The molecule has 0 fully saturated rings. The summed E-state index contributed by atoms with van der Waals surface area (Å²) in [5.41, 5.74) is 4.47. The Hall–Kier alpha value is -4.44. The molecule has 2 aromatic heterocycles. The zero-order valence-corrected chi connectivity index (χ0v) is 19.8. The molecule has 0 aliphatic carbocycles. The molecule has 4 aromatic rings. The second-order valence-electron chi connectivity index (χ2n) is 7.84. The molecule has 2 heterocycles. The number of fused-ring (bicyclic) bond motifs is 1. The minimum atomic E-state index is -0.358. The SMILES string of the molecule is C=CC(=O)Nc1cc(Nc2nccc(-c3ccc4c(cnn4C)c3)n2)c(OC)cc1N(C)CCO. The van der Waals surface area contributed by atoms with Crippen LogP contribution in [0, 0.1) is 0 Å². The zero-order chi connectivity index (χ0) is 24.9. The molecule has 0 atom stereocenters. The summed E-state index contributed by atoms with van der Waals surface area (Å²) in [4.78, 5) is 22.9. The van der Waals surface area contributed by atoms with Crippen molar-refractivity contribution in [3.8, 4) is 17.0 Å². The average molecular weight is 474 g/mol. The molecule has 0 bridgehead atoms. The molecular formula is C25H27N7O3. The normalized spacial score (nSPS) is 10.7. The molecule has 3 N–H and O–H groups in total. The van der Waals surface area contributed by atoms with Crippen LogP contribution in [0.1, 0.15) is 0 Å². The third-order valence-electron chi connectivity index (χ3n) is 5.55. The van der Waals surface area contributed by atoms with Crippen molar-refractivity contribution < 1.29 is 14.6 Å². The Morgan fingerprint density at radius 3 is 2.83 bits per heavy atom. The van der Waals surface area contributed by atoms with Crippen LogP contribution in [-0.4, -0.2) is 58.1 Å². The van der Waals surface area contributed by atoms with Crippen LogP contribution in [-0.2, 0) is 11.8 Å². The molecule has 0 unspecified atom stereocenters. The number of aryl methyl sites for hydroxylation is 1. The van der Waals surface area contributed by atoms with Crippen molar-refractivity contribution in [2.45, 2.75) is 0 Å². The number of carbonyl (C=O) groups is 1. The highest BCUT2D eigenvalue weighted by Crippen LogP contribution is 2.38. The number of anilines is 4. The molecule has 35 heavy (non-hydrogen) atoms. The van der Waals surface area contributed by atoms with E-state index in [4.69, 9.17) is 4.74 Å². The first kappa shape index (κ1) is 23.7. The summed E-state index contributed by atoms with van der Waals surface area (Å²) in [6, 6.07) is 11.4. The predicted molar refractivity (Wildman–Crippen MR) is 137 cm³/mol. The molecule has 1 amide bonds. The number of amides is 1. The fourth-order valence-corrected chi connectivity index (χ4v) is 3.73. The Morgan fingerprint density at radius 1 is 1.26 bits per heavy atom. The van der Waals surface area contributed by atoms with Gasteiger partial charge in [0.15, 0.2) is 0 Å². The first-order valence-corrected chi connectivity index (χ1v) is 10.9. The number of likely N-dealkylation sites (N-methyl/N-ethyl adjacent to an activating group) is 1. The van der Waals surface area contributed by atoms with Crippen molar-refractivity contribution in [3.05, 3.63) is 61.4 Å². The van der Waals surface area contributed by atoms with Crippen molar-refractivity contribution >= 4 is 39.8 Å². The summed E-state index contributed by atoms with van der Waals surface area (Å²) in [6.45, 7) is 3.85. The highest BCUT2D eigenvalue weighted by Gasteiger charge is 2.16. The van der Waals surface area contributed by atoms with Gasteiger partial charge < -0.3 is 25.4 Å². The third kappa shape index (κ3) is 5.07. The van der Waals surface area contributed by atoms with Crippen LogP contribution in [0.3, 0.4) is 0 Å². The molecule has 0 saturated carbocycles. The summed E-state index contributed by atoms with van der Waals surface area (Å²) in [7, 11) is 5.27. The van der Waals surface area contributed by atoms with Gasteiger partial charge in [0.1, 0.15) is 5.75 Å². The van der Waals surface area contributed by atoms with E-state index < -0.39 is 0 Å². The standard InChI is InChI=1S/C25H27N7O3/c1-5-24(34)28-19-13-20(23(35-4)14-22(19)31(2)10-11-33)30-25-26-9-8-18(29-25)16-6-7-21-17(12-16)15-27-32(21)3/h5-9,12-15,33H,1,10-11H2,2-4H3,(H,28,34)(H,26,29,30). The van der Waals surface area contributed by atoms with Crippen molar-refractivity contribution in [1.82, 2.24) is 19.7 Å². The molecule has 0 saturated heterocycles. The number of nitrogens with one attached hydrogen (secondary N) is 2. The number of aromatic nitrogens is 4. The van der Waals surface area contributed by atoms with Gasteiger partial charge in [-0.2, -0.15) is 5.10 Å². The van der Waals surface area contributed by atoms with Crippen molar-refractivity contribution in [2.24, 2.45) is 7.05 Å². The first-order valence-electron chi connectivity index (χ1n) is 10.9. The van der Waals surface area contributed by atoms with Crippen LogP contribution in [0.4, 0.5) is 23.0 Å². The van der Waals surface area contributed by atoms with Gasteiger partial charge in [0, 0.05) is 43.9 Å². The summed E-state index contributed by atoms with van der Waals surface area (Å²) in [5, 5.41) is 20.7. The Balaban J connectivity index is 1.69. The van der Waals surface area contributed by atoms with Crippen LogP contribution in [0.15, 0.2) is 61.4 Å². The maximum atomic E-state index is 12.1. The van der Waals surface area contributed by atoms with Gasteiger partial charge in [-0.3, -0.25) is 9.48 Å². The van der Waals surface area contributed by atoms with Gasteiger partial charge in [-0.15, -0.1) is 0 Å². The van der Waals surface area contributed by atoms with E-state index in [1.54, 1.807) is 25.4 Å². The topological polar surface area (TPSA) is 117 Å². The molecule has 0 aliphatic heterocycles. The lowest BCUT2D eigenvalue weighted by molar-refractivity contribution is -0.111. The second-order valence-corrected chi connectivity index (χ2v) is 7.84. The number of carbonyl (C=O) groups excluding carboxylic acids is 1. The predicted octanol–water partition coefficient (Wildman–Crippen LogP) is 3.34. The van der Waals surface area contributed by atoms with Crippen LogP contribution in [0.5, 0.6) is 5.75 Å². The molecule has 4 rings (SSSR count). The number of benzene rings is 2. The van der Waals surface area contributed by atoms with Gasteiger partial charge in [0.25, 0.3) is 0 Å². The Morgan fingerprint density at radius 2 is 2.09 bits per heavy atom. The fraction of sp³-hybridized carbons (Fsp3) is 0.200. The van der Waals surface area contributed by atoms with Gasteiger partial charge in [0.05, 0.1) is 48.2 Å². The van der Waals surface area contributed by atoms with Crippen molar-refractivity contribution in [3.63, 3.8) is 0 Å². The van der Waals surface area contributed by atoms with E-state index >= 15 is 0 Å². The molecule has 2 aromatic carbocycles. The van der Waals surface area contributed by atoms with Gasteiger partial charge >= 0.3 is 0 Å². The van der Waals surface area contributed by atoms with Crippen LogP contribution in [0.25, 0.3) is 22.2 Å². The lowest BCUT2D eigenvalue weighted by Crippen LogP contribution is -2.23. The van der Waals surface area contributed by atoms with Crippen LogP contribution < -0.4 is 20.3 Å².